The summed E-state index contributed by atoms with van der Waals surface area (Å²) < 4.78 is 3.73. The van der Waals surface area contributed by atoms with E-state index in [4.69, 9.17) is 5.73 Å². The molecule has 0 amide bonds. The Morgan fingerprint density at radius 2 is 1.82 bits per heavy atom. The SMILES string of the molecule is NC1CCC(NCCCc2cn(CC3CCCCC3)c3ccc(Br)cc23)CC1. The van der Waals surface area contributed by atoms with Gasteiger partial charge in [-0.15, -0.1) is 0 Å². The van der Waals surface area contributed by atoms with Crippen LogP contribution in [-0.4, -0.2) is 23.2 Å². The molecule has 1 heterocycles. The van der Waals surface area contributed by atoms with Gasteiger partial charge in [-0.05, 0) is 87.6 Å². The van der Waals surface area contributed by atoms with Crippen molar-refractivity contribution in [2.75, 3.05) is 6.54 Å². The highest BCUT2D eigenvalue weighted by atomic mass is 79.9. The number of fused-ring (bicyclic) bond motifs is 1. The lowest BCUT2D eigenvalue weighted by Gasteiger charge is -2.26. The molecule has 0 saturated heterocycles. The van der Waals surface area contributed by atoms with Crippen molar-refractivity contribution in [2.45, 2.75) is 89.3 Å². The van der Waals surface area contributed by atoms with E-state index in [1.807, 2.05) is 0 Å². The molecule has 1 aromatic carbocycles. The standard InChI is InChI=1S/C24H36BrN3/c25-20-8-13-24-23(15-20)19(17-28(24)16-18-5-2-1-3-6-18)7-4-14-27-22-11-9-21(26)10-12-22/h8,13,15,17-18,21-22,27H,1-7,9-12,14,16,26H2. The molecule has 1 aromatic heterocycles. The van der Waals surface area contributed by atoms with Gasteiger partial charge in [-0.2, -0.15) is 0 Å². The van der Waals surface area contributed by atoms with E-state index < -0.39 is 0 Å². The average Bonchev–Trinajstić information content (AvgIpc) is 3.04. The Hall–Kier alpha value is -0.840. The van der Waals surface area contributed by atoms with Gasteiger partial charge in [-0.3, -0.25) is 0 Å². The minimum atomic E-state index is 0.437. The van der Waals surface area contributed by atoms with Crippen LogP contribution in [-0.2, 0) is 13.0 Å². The van der Waals surface area contributed by atoms with E-state index in [9.17, 15) is 0 Å². The van der Waals surface area contributed by atoms with E-state index in [-0.39, 0.29) is 0 Å². The van der Waals surface area contributed by atoms with Gasteiger partial charge < -0.3 is 15.6 Å². The second-order valence-electron chi connectivity index (χ2n) is 9.14. The fourth-order valence-electron chi connectivity index (χ4n) is 5.25. The summed E-state index contributed by atoms with van der Waals surface area (Å²) in [6, 6.07) is 7.93. The highest BCUT2D eigenvalue weighted by molar-refractivity contribution is 9.10. The van der Waals surface area contributed by atoms with Crippen molar-refractivity contribution in [1.82, 2.24) is 9.88 Å². The first kappa shape index (κ1) is 20.4. The number of hydrogen-bond acceptors (Lipinski definition) is 2. The Morgan fingerprint density at radius 1 is 1.04 bits per heavy atom. The normalized spacial score (nSPS) is 24.1. The molecule has 3 N–H and O–H groups in total. The minimum absolute atomic E-state index is 0.437. The second-order valence-corrected chi connectivity index (χ2v) is 10.1. The molecule has 28 heavy (non-hydrogen) atoms. The predicted octanol–water partition coefficient (Wildman–Crippen LogP) is 5.78. The molecular formula is C24H36BrN3. The van der Waals surface area contributed by atoms with Gasteiger partial charge in [0.25, 0.3) is 0 Å². The molecule has 0 bridgehead atoms. The summed E-state index contributed by atoms with van der Waals surface area (Å²) in [6.07, 6.45) is 16.7. The number of nitrogens with one attached hydrogen (secondary N) is 1. The van der Waals surface area contributed by atoms with E-state index in [1.54, 1.807) is 0 Å². The van der Waals surface area contributed by atoms with Gasteiger partial charge in [0.15, 0.2) is 0 Å². The van der Waals surface area contributed by atoms with Crippen LogP contribution in [0.3, 0.4) is 0 Å². The van der Waals surface area contributed by atoms with Gasteiger partial charge in [0.2, 0.25) is 0 Å². The van der Waals surface area contributed by atoms with Crippen LogP contribution in [0, 0.1) is 5.92 Å². The monoisotopic (exact) mass is 445 g/mol. The predicted molar refractivity (Wildman–Crippen MR) is 123 cm³/mol. The van der Waals surface area contributed by atoms with Crippen LogP contribution >= 0.6 is 15.9 Å². The molecule has 0 spiro atoms. The largest absolute Gasteiger partial charge is 0.347 e. The number of nitrogens with two attached hydrogens (primary N) is 1. The molecule has 2 saturated carbocycles. The van der Waals surface area contributed by atoms with E-state index in [1.165, 1.54) is 91.7 Å². The summed E-state index contributed by atoms with van der Waals surface area (Å²) in [5.41, 5.74) is 8.96. The summed E-state index contributed by atoms with van der Waals surface area (Å²) >= 11 is 3.68. The van der Waals surface area contributed by atoms with E-state index in [2.05, 4.69) is 50.2 Å². The highest BCUT2D eigenvalue weighted by Gasteiger charge is 2.18. The van der Waals surface area contributed by atoms with Gasteiger partial charge in [-0.25, -0.2) is 0 Å². The summed E-state index contributed by atoms with van der Waals surface area (Å²) in [5.74, 6) is 0.861. The molecule has 2 aliphatic rings. The lowest BCUT2D eigenvalue weighted by molar-refractivity contribution is 0.322. The van der Waals surface area contributed by atoms with Gasteiger partial charge in [0.05, 0.1) is 0 Å². The van der Waals surface area contributed by atoms with Crippen LogP contribution in [0.1, 0.15) is 69.8 Å². The lowest BCUT2D eigenvalue weighted by atomic mass is 9.89. The average molecular weight is 446 g/mol. The third-order valence-electron chi connectivity index (χ3n) is 6.93. The van der Waals surface area contributed by atoms with E-state index >= 15 is 0 Å². The van der Waals surface area contributed by atoms with Crippen LogP contribution in [0.4, 0.5) is 0 Å². The molecule has 154 valence electrons. The zero-order chi connectivity index (χ0) is 19.3. The molecule has 2 aliphatic carbocycles. The molecule has 0 aliphatic heterocycles. The molecule has 4 rings (SSSR count). The molecule has 4 heteroatoms. The summed E-state index contributed by atoms with van der Waals surface area (Å²) in [6.45, 7) is 2.31. The maximum atomic E-state index is 6.03. The Balaban J connectivity index is 1.37. The van der Waals surface area contributed by atoms with Gasteiger partial charge in [-0.1, -0.05) is 35.2 Å². The third-order valence-corrected chi connectivity index (χ3v) is 7.43. The van der Waals surface area contributed by atoms with Crippen molar-refractivity contribution in [2.24, 2.45) is 11.7 Å². The lowest BCUT2D eigenvalue weighted by Crippen LogP contribution is -2.37. The third kappa shape index (κ3) is 5.20. The molecule has 2 fully saturated rings. The number of hydrogen-bond donors (Lipinski definition) is 2. The summed E-state index contributed by atoms with van der Waals surface area (Å²) in [5, 5.41) is 5.21. The van der Waals surface area contributed by atoms with Crippen LogP contribution in [0.25, 0.3) is 10.9 Å². The highest BCUT2D eigenvalue weighted by Crippen LogP contribution is 2.30. The summed E-state index contributed by atoms with van der Waals surface area (Å²) in [7, 11) is 0. The zero-order valence-corrected chi connectivity index (χ0v) is 18.7. The van der Waals surface area contributed by atoms with E-state index in [0.29, 0.717) is 12.1 Å². The topological polar surface area (TPSA) is 43.0 Å². The van der Waals surface area contributed by atoms with Crippen molar-refractivity contribution in [3.05, 3.63) is 34.4 Å². The van der Waals surface area contributed by atoms with Crippen molar-refractivity contribution in [3.63, 3.8) is 0 Å². The smallest absolute Gasteiger partial charge is 0.0484 e. The first-order chi connectivity index (χ1) is 13.7. The van der Waals surface area contributed by atoms with Crippen molar-refractivity contribution in [3.8, 4) is 0 Å². The van der Waals surface area contributed by atoms with Crippen LogP contribution < -0.4 is 11.1 Å². The van der Waals surface area contributed by atoms with Crippen molar-refractivity contribution < 1.29 is 0 Å². The second kappa shape index (κ2) is 9.77. The van der Waals surface area contributed by atoms with Gasteiger partial charge in [0, 0.05) is 40.2 Å². The minimum Gasteiger partial charge on any atom is -0.347 e. The first-order valence-electron chi connectivity index (χ1n) is 11.5. The fraction of sp³-hybridized carbons (Fsp3) is 0.667. The number of nitrogens with zero attached hydrogens (tertiary/aromatic N) is 1. The first-order valence-corrected chi connectivity index (χ1v) is 12.2. The fourth-order valence-corrected chi connectivity index (χ4v) is 5.61. The van der Waals surface area contributed by atoms with Crippen LogP contribution in [0.2, 0.25) is 0 Å². The quantitative estimate of drug-likeness (QED) is 0.530. The summed E-state index contributed by atoms with van der Waals surface area (Å²) in [4.78, 5) is 0. The molecule has 0 atom stereocenters. The van der Waals surface area contributed by atoms with E-state index in [0.717, 1.165) is 18.9 Å². The molecular weight excluding hydrogens is 410 g/mol. The van der Waals surface area contributed by atoms with Crippen LogP contribution in [0.15, 0.2) is 28.9 Å². The number of aryl methyl sites for hydroxylation is 1. The Kier molecular flexibility index (Phi) is 7.13. The Morgan fingerprint density at radius 3 is 2.61 bits per heavy atom. The molecule has 3 nitrogen and oxygen atoms in total. The maximum absolute atomic E-state index is 6.03. The molecule has 0 unspecified atom stereocenters. The molecule has 0 radical (unpaired) electrons. The number of rotatable bonds is 7. The number of aromatic nitrogens is 1. The van der Waals surface area contributed by atoms with Crippen molar-refractivity contribution >= 4 is 26.8 Å². The maximum Gasteiger partial charge on any atom is 0.0484 e. The van der Waals surface area contributed by atoms with Gasteiger partial charge >= 0.3 is 0 Å². The van der Waals surface area contributed by atoms with Gasteiger partial charge in [0.1, 0.15) is 0 Å². The zero-order valence-electron chi connectivity index (χ0n) is 17.1. The number of halogens is 1. The number of benzene rings is 1. The Labute approximate surface area is 178 Å². The molecule has 2 aromatic rings. The Bertz CT molecular complexity index is 755. The van der Waals surface area contributed by atoms with Crippen LogP contribution in [0.5, 0.6) is 0 Å². The van der Waals surface area contributed by atoms with Crippen molar-refractivity contribution in [1.29, 1.82) is 0 Å².